The van der Waals surface area contributed by atoms with E-state index in [0.29, 0.717) is 0 Å². The van der Waals surface area contributed by atoms with E-state index in [2.05, 4.69) is 13.8 Å². The van der Waals surface area contributed by atoms with Crippen molar-refractivity contribution in [3.05, 3.63) is 0 Å². The molecule has 0 aliphatic heterocycles. The number of hydrogen-bond acceptors (Lipinski definition) is 2. The molecule has 0 bridgehead atoms. The Morgan fingerprint density at radius 1 is 1.08 bits per heavy atom. The summed E-state index contributed by atoms with van der Waals surface area (Å²) in [4.78, 5) is 0. The fourth-order valence-corrected chi connectivity index (χ4v) is 1.51. The Hall–Kier alpha value is -0.0800. The SMILES string of the molecule is CCCCC(O)(CCCC)C(C)O. The van der Waals surface area contributed by atoms with Gasteiger partial charge in [0.1, 0.15) is 0 Å². The maximum Gasteiger partial charge on any atom is 0.0902 e. The van der Waals surface area contributed by atoms with Crippen molar-refractivity contribution >= 4 is 0 Å². The standard InChI is InChI=1S/C11H24O2/c1-4-6-8-11(13,10(3)12)9-7-5-2/h10,12-13H,4-9H2,1-3H3. The molecule has 2 nitrogen and oxygen atoms in total. The van der Waals surface area contributed by atoms with Gasteiger partial charge in [-0.25, -0.2) is 0 Å². The highest BCUT2D eigenvalue weighted by Crippen LogP contribution is 2.25. The molecule has 0 aliphatic rings. The predicted molar refractivity (Wildman–Crippen MR) is 55.7 cm³/mol. The van der Waals surface area contributed by atoms with Crippen molar-refractivity contribution < 1.29 is 10.2 Å². The minimum Gasteiger partial charge on any atom is -0.390 e. The van der Waals surface area contributed by atoms with Crippen LogP contribution in [0.15, 0.2) is 0 Å². The van der Waals surface area contributed by atoms with Gasteiger partial charge in [-0.3, -0.25) is 0 Å². The average Bonchev–Trinajstić information content (AvgIpc) is 2.11. The summed E-state index contributed by atoms with van der Waals surface area (Å²) in [6.07, 6.45) is 4.96. The highest BCUT2D eigenvalue weighted by atomic mass is 16.3. The number of unbranched alkanes of at least 4 members (excludes halogenated alkanes) is 2. The molecule has 0 aromatic carbocycles. The van der Waals surface area contributed by atoms with E-state index < -0.39 is 11.7 Å². The molecule has 0 spiro atoms. The molecule has 0 heterocycles. The summed E-state index contributed by atoms with van der Waals surface area (Å²) in [6, 6.07) is 0. The third kappa shape index (κ3) is 4.63. The van der Waals surface area contributed by atoms with Crippen LogP contribution in [0.25, 0.3) is 0 Å². The minimum atomic E-state index is -0.841. The minimum absolute atomic E-state index is 0.606. The Kier molecular flexibility index (Phi) is 6.35. The monoisotopic (exact) mass is 188 g/mol. The molecule has 0 fully saturated rings. The van der Waals surface area contributed by atoms with Gasteiger partial charge in [0.2, 0.25) is 0 Å². The lowest BCUT2D eigenvalue weighted by Gasteiger charge is -2.31. The Bertz CT molecular complexity index is 113. The second kappa shape index (κ2) is 6.39. The molecule has 13 heavy (non-hydrogen) atoms. The zero-order valence-corrected chi connectivity index (χ0v) is 9.21. The van der Waals surface area contributed by atoms with E-state index in [4.69, 9.17) is 0 Å². The summed E-state index contributed by atoms with van der Waals surface area (Å²) in [5, 5.41) is 19.6. The van der Waals surface area contributed by atoms with E-state index >= 15 is 0 Å². The molecule has 2 heteroatoms. The van der Waals surface area contributed by atoms with Crippen LogP contribution in [-0.4, -0.2) is 21.9 Å². The second-order valence-electron chi connectivity index (χ2n) is 3.99. The van der Waals surface area contributed by atoms with Gasteiger partial charge in [-0.2, -0.15) is 0 Å². The van der Waals surface area contributed by atoms with Crippen LogP contribution in [0.4, 0.5) is 0 Å². The second-order valence-corrected chi connectivity index (χ2v) is 3.99. The molecule has 0 rings (SSSR count). The van der Waals surface area contributed by atoms with Gasteiger partial charge in [0.15, 0.2) is 0 Å². The van der Waals surface area contributed by atoms with Crippen molar-refractivity contribution in [3.63, 3.8) is 0 Å². The summed E-state index contributed by atoms with van der Waals surface area (Å²) >= 11 is 0. The smallest absolute Gasteiger partial charge is 0.0902 e. The van der Waals surface area contributed by atoms with Gasteiger partial charge < -0.3 is 10.2 Å². The van der Waals surface area contributed by atoms with Crippen LogP contribution in [0.5, 0.6) is 0 Å². The molecule has 2 N–H and O–H groups in total. The number of aliphatic hydroxyl groups excluding tert-OH is 1. The van der Waals surface area contributed by atoms with Crippen molar-refractivity contribution in [1.29, 1.82) is 0 Å². The van der Waals surface area contributed by atoms with Gasteiger partial charge in [-0.15, -0.1) is 0 Å². The summed E-state index contributed by atoms with van der Waals surface area (Å²) < 4.78 is 0. The lowest BCUT2D eigenvalue weighted by Crippen LogP contribution is -2.40. The topological polar surface area (TPSA) is 40.5 Å². The molecular formula is C11H24O2. The van der Waals surface area contributed by atoms with Gasteiger partial charge >= 0.3 is 0 Å². The van der Waals surface area contributed by atoms with Gasteiger partial charge in [0.05, 0.1) is 11.7 Å². The van der Waals surface area contributed by atoms with Gasteiger partial charge in [-0.05, 0) is 19.8 Å². The maximum atomic E-state index is 10.1. The van der Waals surface area contributed by atoms with Gasteiger partial charge in [0, 0.05) is 0 Å². The first-order valence-corrected chi connectivity index (χ1v) is 5.47. The van der Waals surface area contributed by atoms with Crippen LogP contribution in [0.1, 0.15) is 59.3 Å². The number of rotatable bonds is 7. The van der Waals surface area contributed by atoms with E-state index in [1.165, 1.54) is 0 Å². The molecule has 0 aromatic heterocycles. The molecule has 0 aliphatic carbocycles. The average molecular weight is 188 g/mol. The summed E-state index contributed by atoms with van der Waals surface area (Å²) in [5.74, 6) is 0. The van der Waals surface area contributed by atoms with E-state index in [1.54, 1.807) is 6.92 Å². The Balaban J connectivity index is 4.00. The molecule has 80 valence electrons. The molecule has 0 saturated heterocycles. The van der Waals surface area contributed by atoms with Gasteiger partial charge in [-0.1, -0.05) is 39.5 Å². The normalized spacial score (nSPS) is 14.5. The fraction of sp³-hybridized carbons (Fsp3) is 1.00. The van der Waals surface area contributed by atoms with Crippen LogP contribution in [0, 0.1) is 0 Å². The van der Waals surface area contributed by atoms with Crippen molar-refractivity contribution in [2.24, 2.45) is 0 Å². The van der Waals surface area contributed by atoms with Crippen molar-refractivity contribution in [3.8, 4) is 0 Å². The number of aliphatic hydroxyl groups is 2. The molecule has 0 aromatic rings. The highest BCUT2D eigenvalue weighted by molar-refractivity contribution is 4.83. The first-order valence-electron chi connectivity index (χ1n) is 5.47. The van der Waals surface area contributed by atoms with Crippen molar-refractivity contribution in [2.45, 2.75) is 71.0 Å². The van der Waals surface area contributed by atoms with Crippen molar-refractivity contribution in [2.75, 3.05) is 0 Å². The van der Waals surface area contributed by atoms with Crippen LogP contribution < -0.4 is 0 Å². The van der Waals surface area contributed by atoms with Crippen LogP contribution in [0.3, 0.4) is 0 Å². The Morgan fingerprint density at radius 2 is 1.46 bits per heavy atom. The third-order valence-corrected chi connectivity index (χ3v) is 2.70. The van der Waals surface area contributed by atoms with E-state index in [-0.39, 0.29) is 0 Å². The fourth-order valence-electron chi connectivity index (χ4n) is 1.51. The molecule has 0 amide bonds. The van der Waals surface area contributed by atoms with Gasteiger partial charge in [0.25, 0.3) is 0 Å². The number of hydrogen-bond donors (Lipinski definition) is 2. The molecule has 0 saturated carbocycles. The lowest BCUT2D eigenvalue weighted by atomic mass is 9.86. The largest absolute Gasteiger partial charge is 0.390 e. The molecule has 0 radical (unpaired) electrons. The van der Waals surface area contributed by atoms with Crippen LogP contribution in [0.2, 0.25) is 0 Å². The van der Waals surface area contributed by atoms with Crippen molar-refractivity contribution in [1.82, 2.24) is 0 Å². The van der Waals surface area contributed by atoms with E-state index in [0.717, 1.165) is 38.5 Å². The lowest BCUT2D eigenvalue weighted by molar-refractivity contribution is -0.0793. The highest BCUT2D eigenvalue weighted by Gasteiger charge is 2.30. The van der Waals surface area contributed by atoms with E-state index in [9.17, 15) is 10.2 Å². The Labute approximate surface area is 82.0 Å². The first-order chi connectivity index (χ1) is 6.06. The molecule has 1 unspecified atom stereocenters. The first kappa shape index (κ1) is 12.9. The summed E-state index contributed by atoms with van der Waals surface area (Å²) in [7, 11) is 0. The van der Waals surface area contributed by atoms with Crippen LogP contribution >= 0.6 is 0 Å². The Morgan fingerprint density at radius 3 is 1.69 bits per heavy atom. The quantitative estimate of drug-likeness (QED) is 0.644. The summed E-state index contributed by atoms with van der Waals surface area (Å²) in [6.45, 7) is 5.88. The maximum absolute atomic E-state index is 10.1. The van der Waals surface area contributed by atoms with Crippen LogP contribution in [-0.2, 0) is 0 Å². The molecular weight excluding hydrogens is 164 g/mol. The zero-order valence-electron chi connectivity index (χ0n) is 9.21. The predicted octanol–water partition coefficient (Wildman–Crippen LogP) is 2.48. The summed E-state index contributed by atoms with van der Waals surface area (Å²) in [5.41, 5.74) is -0.841. The zero-order chi connectivity index (χ0) is 10.3. The third-order valence-electron chi connectivity index (χ3n) is 2.70. The van der Waals surface area contributed by atoms with E-state index in [1.807, 2.05) is 0 Å². The molecule has 1 atom stereocenters.